The van der Waals surface area contributed by atoms with Crippen LogP contribution in [0.2, 0.25) is 0 Å². The molecule has 110 valence electrons. The topological polar surface area (TPSA) is 0 Å². The van der Waals surface area contributed by atoms with E-state index in [4.69, 9.17) is 0 Å². The van der Waals surface area contributed by atoms with Crippen LogP contribution < -0.4 is 0 Å². The van der Waals surface area contributed by atoms with Crippen molar-refractivity contribution in [1.29, 1.82) is 0 Å². The lowest BCUT2D eigenvalue weighted by Gasteiger charge is -2.48. The van der Waals surface area contributed by atoms with Crippen LogP contribution in [-0.2, 0) is 0 Å². The molecule has 0 amide bonds. The predicted octanol–water partition coefficient (Wildman–Crippen LogP) is 5.80. The first-order valence-corrected chi connectivity index (χ1v) is 7.91. The highest BCUT2D eigenvalue weighted by Crippen LogP contribution is 2.51. The first-order valence-electron chi connectivity index (χ1n) is 7.91. The van der Waals surface area contributed by atoms with Crippen molar-refractivity contribution in [3.05, 3.63) is 48.6 Å². The molecule has 0 fully saturated rings. The Kier molecular flexibility index (Phi) is 4.14. The van der Waals surface area contributed by atoms with Gasteiger partial charge in [-0.1, -0.05) is 90.2 Å². The van der Waals surface area contributed by atoms with Gasteiger partial charge in [-0.3, -0.25) is 0 Å². The van der Waals surface area contributed by atoms with Crippen molar-refractivity contribution in [3.8, 4) is 0 Å². The normalized spacial score (nSPS) is 22.9. The van der Waals surface area contributed by atoms with Crippen LogP contribution in [0, 0.1) is 34.5 Å². The molecule has 2 atom stereocenters. The van der Waals surface area contributed by atoms with Crippen LogP contribution in [0.5, 0.6) is 0 Å². The summed E-state index contributed by atoms with van der Waals surface area (Å²) >= 11 is 0. The van der Waals surface area contributed by atoms with Gasteiger partial charge in [0.25, 0.3) is 0 Å². The molecule has 0 N–H and O–H groups in total. The molecule has 0 saturated carbocycles. The first-order chi connectivity index (χ1) is 9.21. The van der Waals surface area contributed by atoms with Crippen LogP contribution in [0.15, 0.2) is 48.6 Å². The van der Waals surface area contributed by atoms with E-state index in [0.717, 1.165) is 0 Å². The van der Waals surface area contributed by atoms with E-state index in [0.29, 0.717) is 34.5 Å². The minimum Gasteiger partial charge on any atom is -0.0773 e. The van der Waals surface area contributed by atoms with Gasteiger partial charge in [-0.05, 0) is 34.5 Å². The molecule has 2 rings (SSSR count). The molecular formula is C20H30. The fourth-order valence-corrected chi connectivity index (χ4v) is 4.09. The van der Waals surface area contributed by atoms with E-state index < -0.39 is 0 Å². The van der Waals surface area contributed by atoms with E-state index >= 15 is 0 Å². The quantitative estimate of drug-likeness (QED) is 0.608. The second-order valence-electron chi connectivity index (χ2n) is 8.48. The van der Waals surface area contributed by atoms with Crippen LogP contribution in [0.4, 0.5) is 0 Å². The highest BCUT2D eigenvalue weighted by Gasteiger charge is 2.44. The third kappa shape index (κ3) is 3.16. The second kappa shape index (κ2) is 5.39. The smallest absolute Gasteiger partial charge is 0.00108 e. The van der Waals surface area contributed by atoms with E-state index in [1.54, 1.807) is 0 Å². The molecule has 0 heterocycles. The van der Waals surface area contributed by atoms with Gasteiger partial charge in [-0.2, -0.15) is 0 Å². The third-order valence-electron chi connectivity index (χ3n) is 4.77. The Hall–Kier alpha value is -1.04. The minimum absolute atomic E-state index is 0.298. The average Bonchev–Trinajstić information content (AvgIpc) is 2.95. The van der Waals surface area contributed by atoms with Gasteiger partial charge in [-0.25, -0.2) is 0 Å². The van der Waals surface area contributed by atoms with E-state index in [1.807, 2.05) is 0 Å². The zero-order chi connectivity index (χ0) is 15.0. The monoisotopic (exact) mass is 270 g/mol. The van der Waals surface area contributed by atoms with Gasteiger partial charge in [-0.15, -0.1) is 0 Å². The molecule has 0 radical (unpaired) electrons. The zero-order valence-corrected chi connectivity index (χ0v) is 13.9. The molecule has 2 aliphatic rings. The van der Waals surface area contributed by atoms with Crippen LogP contribution >= 0.6 is 0 Å². The molecule has 0 heteroatoms. The van der Waals surface area contributed by atoms with Crippen molar-refractivity contribution in [1.82, 2.24) is 0 Å². The lowest BCUT2D eigenvalue weighted by atomic mass is 9.56. The number of hydrogen-bond donors (Lipinski definition) is 0. The van der Waals surface area contributed by atoms with E-state index in [9.17, 15) is 0 Å². The van der Waals surface area contributed by atoms with Crippen molar-refractivity contribution in [2.24, 2.45) is 34.5 Å². The molecule has 0 aromatic rings. The lowest BCUT2D eigenvalue weighted by Crippen LogP contribution is -2.42. The van der Waals surface area contributed by atoms with Crippen molar-refractivity contribution < 1.29 is 0 Å². The maximum Gasteiger partial charge on any atom is -0.00108 e. The Morgan fingerprint density at radius 1 is 0.550 bits per heavy atom. The van der Waals surface area contributed by atoms with Crippen molar-refractivity contribution in [2.75, 3.05) is 0 Å². The van der Waals surface area contributed by atoms with Crippen molar-refractivity contribution >= 4 is 0 Å². The number of allylic oxidation sites excluding steroid dienone is 8. The van der Waals surface area contributed by atoms with Crippen LogP contribution in [0.3, 0.4) is 0 Å². The van der Waals surface area contributed by atoms with Crippen molar-refractivity contribution in [3.63, 3.8) is 0 Å². The predicted molar refractivity (Wildman–Crippen MR) is 89.4 cm³/mol. The molecule has 0 spiro atoms. The summed E-state index contributed by atoms with van der Waals surface area (Å²) in [6, 6.07) is 0. The minimum atomic E-state index is 0.298. The van der Waals surface area contributed by atoms with E-state index in [2.05, 4.69) is 90.2 Å². The molecule has 0 nitrogen and oxygen atoms in total. The molecule has 0 saturated heterocycles. The Morgan fingerprint density at radius 2 is 0.800 bits per heavy atom. The van der Waals surface area contributed by atoms with Crippen LogP contribution in [-0.4, -0.2) is 0 Å². The largest absolute Gasteiger partial charge is 0.0773 e. The molecule has 2 aliphatic carbocycles. The van der Waals surface area contributed by atoms with Gasteiger partial charge < -0.3 is 0 Å². The average molecular weight is 270 g/mol. The number of hydrogen-bond acceptors (Lipinski definition) is 0. The summed E-state index contributed by atoms with van der Waals surface area (Å²) in [6.07, 6.45) is 18.4. The van der Waals surface area contributed by atoms with Crippen molar-refractivity contribution in [2.45, 2.75) is 41.5 Å². The van der Waals surface area contributed by atoms with Gasteiger partial charge >= 0.3 is 0 Å². The Bertz CT molecular complexity index is 377. The Morgan fingerprint density at radius 3 is 1.00 bits per heavy atom. The second-order valence-corrected chi connectivity index (χ2v) is 8.48. The summed E-state index contributed by atoms with van der Waals surface area (Å²) in [5.74, 6) is 2.44. The molecule has 0 aromatic carbocycles. The summed E-state index contributed by atoms with van der Waals surface area (Å²) in [5.41, 5.74) is 0.595. The summed E-state index contributed by atoms with van der Waals surface area (Å²) in [5, 5.41) is 0. The maximum atomic E-state index is 2.40. The lowest BCUT2D eigenvalue weighted by molar-refractivity contribution is 0.0356. The Balaban J connectivity index is 2.41. The molecule has 0 aromatic heterocycles. The van der Waals surface area contributed by atoms with Crippen LogP contribution in [0.25, 0.3) is 0 Å². The fraction of sp³-hybridized carbons (Fsp3) is 0.600. The van der Waals surface area contributed by atoms with Gasteiger partial charge in [0.2, 0.25) is 0 Å². The Labute approximate surface area is 125 Å². The highest BCUT2D eigenvalue weighted by atomic mass is 14.5. The van der Waals surface area contributed by atoms with Gasteiger partial charge in [0.05, 0.1) is 0 Å². The maximum absolute atomic E-state index is 2.40. The molecule has 2 unspecified atom stereocenters. The highest BCUT2D eigenvalue weighted by molar-refractivity contribution is 5.24. The molecular weight excluding hydrogens is 240 g/mol. The molecule has 0 aliphatic heterocycles. The number of rotatable bonds is 3. The SMILES string of the molecule is CC(C)(C)C(C1C=CC=C1)C(C1C=CC=C1)C(C)(C)C. The van der Waals surface area contributed by atoms with Gasteiger partial charge in [0.1, 0.15) is 0 Å². The summed E-state index contributed by atoms with van der Waals surface area (Å²) in [4.78, 5) is 0. The molecule has 0 bridgehead atoms. The summed E-state index contributed by atoms with van der Waals surface area (Å²) in [7, 11) is 0. The fourth-order valence-electron chi connectivity index (χ4n) is 4.09. The third-order valence-corrected chi connectivity index (χ3v) is 4.77. The standard InChI is InChI=1S/C20H30/c1-19(2,3)17(15-11-7-8-12-15)18(20(4,5)6)16-13-9-10-14-16/h7-18H,1-6H3. The van der Waals surface area contributed by atoms with E-state index in [1.165, 1.54) is 0 Å². The summed E-state index contributed by atoms with van der Waals surface area (Å²) in [6.45, 7) is 14.4. The van der Waals surface area contributed by atoms with E-state index in [-0.39, 0.29) is 0 Å². The zero-order valence-electron chi connectivity index (χ0n) is 13.9. The van der Waals surface area contributed by atoms with Gasteiger partial charge in [0, 0.05) is 0 Å². The van der Waals surface area contributed by atoms with Gasteiger partial charge in [0.15, 0.2) is 0 Å². The molecule has 20 heavy (non-hydrogen) atoms. The first kappa shape index (κ1) is 15.4. The van der Waals surface area contributed by atoms with Crippen LogP contribution in [0.1, 0.15) is 41.5 Å². The summed E-state index contributed by atoms with van der Waals surface area (Å²) < 4.78 is 0.